The molecule has 4 rings (SSSR count). The summed E-state index contributed by atoms with van der Waals surface area (Å²) in [5, 5.41) is 5.36. The number of hydrogen-bond acceptors (Lipinski definition) is 2. The largest absolute Gasteiger partial charge is 0.488 e. The molecule has 0 fully saturated rings. The van der Waals surface area contributed by atoms with Crippen LogP contribution in [0.4, 0.5) is 4.39 Å². The molecule has 0 radical (unpaired) electrons. The van der Waals surface area contributed by atoms with Gasteiger partial charge in [0.25, 0.3) is 0 Å². The molecule has 0 spiro atoms. The van der Waals surface area contributed by atoms with Crippen molar-refractivity contribution in [3.05, 3.63) is 107 Å². The average Bonchev–Trinajstić information content (AvgIpc) is 3.18. The second kappa shape index (κ2) is 8.28. The molecule has 0 amide bonds. The van der Waals surface area contributed by atoms with E-state index in [1.807, 2.05) is 65.5 Å². The number of hydrogen-bond donors (Lipinski definition) is 0. The van der Waals surface area contributed by atoms with Crippen LogP contribution in [0.2, 0.25) is 5.02 Å². The molecule has 0 N–H and O–H groups in total. The maximum absolute atomic E-state index is 13.1. The Morgan fingerprint density at radius 1 is 0.857 bits per heavy atom. The van der Waals surface area contributed by atoms with Crippen LogP contribution in [0.1, 0.15) is 11.1 Å². The van der Waals surface area contributed by atoms with Crippen molar-refractivity contribution in [1.82, 2.24) is 9.78 Å². The van der Waals surface area contributed by atoms with Crippen molar-refractivity contribution in [1.29, 1.82) is 0 Å². The smallest absolute Gasteiger partial charge is 0.129 e. The minimum atomic E-state index is -0.239. The molecule has 3 aromatic carbocycles. The number of para-hydroxylation sites is 1. The number of halogens is 2. The van der Waals surface area contributed by atoms with Crippen LogP contribution in [0.25, 0.3) is 11.3 Å². The third kappa shape index (κ3) is 4.41. The summed E-state index contributed by atoms with van der Waals surface area (Å²) in [5.74, 6) is 0.529. The summed E-state index contributed by atoms with van der Waals surface area (Å²) in [6.45, 7) is 1.03. The highest BCUT2D eigenvalue weighted by molar-refractivity contribution is 6.30. The normalized spacial score (nSPS) is 10.8. The second-order valence-corrected chi connectivity index (χ2v) is 6.87. The molecule has 1 aromatic heterocycles. The maximum Gasteiger partial charge on any atom is 0.129 e. The quantitative estimate of drug-likeness (QED) is 0.404. The van der Waals surface area contributed by atoms with Gasteiger partial charge >= 0.3 is 0 Å². The van der Waals surface area contributed by atoms with Gasteiger partial charge in [0.15, 0.2) is 0 Å². The van der Waals surface area contributed by atoms with E-state index in [-0.39, 0.29) is 5.82 Å². The lowest BCUT2D eigenvalue weighted by Gasteiger charge is -2.10. The van der Waals surface area contributed by atoms with Crippen LogP contribution in [0.5, 0.6) is 5.75 Å². The minimum absolute atomic E-state index is 0.239. The summed E-state index contributed by atoms with van der Waals surface area (Å²) in [5.41, 5.74) is 3.78. The molecule has 0 saturated heterocycles. The Morgan fingerprint density at radius 2 is 1.57 bits per heavy atom. The Morgan fingerprint density at radius 3 is 2.36 bits per heavy atom. The Balaban J connectivity index is 1.50. The molecule has 0 aliphatic heterocycles. The average molecular weight is 393 g/mol. The lowest BCUT2D eigenvalue weighted by atomic mass is 10.1. The molecule has 0 unspecified atom stereocenters. The number of rotatable bonds is 6. The van der Waals surface area contributed by atoms with Crippen molar-refractivity contribution < 1.29 is 9.13 Å². The van der Waals surface area contributed by atoms with Crippen molar-refractivity contribution >= 4 is 11.6 Å². The molecular formula is C23H18ClFN2O. The van der Waals surface area contributed by atoms with Crippen LogP contribution < -0.4 is 4.74 Å². The standard InChI is InChI=1S/C23H18ClFN2O/c24-19-9-5-18(6-10-19)16-28-23-4-2-1-3-21(23)22-13-14-27(26-22)15-17-7-11-20(25)12-8-17/h1-14H,15-16H2. The first-order valence-corrected chi connectivity index (χ1v) is 9.30. The fourth-order valence-electron chi connectivity index (χ4n) is 2.92. The SMILES string of the molecule is Fc1ccc(Cn2ccc(-c3ccccc3OCc3ccc(Cl)cc3)n2)cc1. The third-order valence-electron chi connectivity index (χ3n) is 4.37. The van der Waals surface area contributed by atoms with Gasteiger partial charge in [0, 0.05) is 16.8 Å². The fraction of sp³-hybridized carbons (Fsp3) is 0.0870. The molecule has 28 heavy (non-hydrogen) atoms. The van der Waals surface area contributed by atoms with Gasteiger partial charge in [0.2, 0.25) is 0 Å². The van der Waals surface area contributed by atoms with E-state index in [0.29, 0.717) is 18.2 Å². The van der Waals surface area contributed by atoms with Gasteiger partial charge in [0.05, 0.1) is 12.2 Å². The van der Waals surface area contributed by atoms with Gasteiger partial charge in [-0.05, 0) is 53.6 Å². The van der Waals surface area contributed by atoms with E-state index in [2.05, 4.69) is 5.10 Å². The highest BCUT2D eigenvalue weighted by atomic mass is 35.5. The van der Waals surface area contributed by atoms with Crippen molar-refractivity contribution in [2.75, 3.05) is 0 Å². The monoisotopic (exact) mass is 392 g/mol. The van der Waals surface area contributed by atoms with E-state index in [4.69, 9.17) is 16.3 Å². The van der Waals surface area contributed by atoms with Gasteiger partial charge in [-0.2, -0.15) is 5.10 Å². The molecule has 140 valence electrons. The topological polar surface area (TPSA) is 27.1 Å². The molecule has 3 nitrogen and oxygen atoms in total. The van der Waals surface area contributed by atoms with E-state index in [9.17, 15) is 4.39 Å². The molecule has 4 aromatic rings. The zero-order valence-electron chi connectivity index (χ0n) is 15.1. The lowest BCUT2D eigenvalue weighted by molar-refractivity contribution is 0.307. The predicted octanol–water partition coefficient (Wildman–Crippen LogP) is 5.97. The van der Waals surface area contributed by atoms with Gasteiger partial charge < -0.3 is 4.74 Å². The number of benzene rings is 3. The van der Waals surface area contributed by atoms with Crippen molar-refractivity contribution in [3.63, 3.8) is 0 Å². The summed E-state index contributed by atoms with van der Waals surface area (Å²) in [6, 6.07) is 23.8. The summed E-state index contributed by atoms with van der Waals surface area (Å²) in [7, 11) is 0. The van der Waals surface area contributed by atoms with Gasteiger partial charge in [-0.25, -0.2) is 4.39 Å². The lowest BCUT2D eigenvalue weighted by Crippen LogP contribution is -2.01. The molecule has 0 aliphatic carbocycles. The number of nitrogens with zero attached hydrogens (tertiary/aromatic N) is 2. The van der Waals surface area contributed by atoms with Crippen LogP contribution >= 0.6 is 11.6 Å². The number of aromatic nitrogens is 2. The first kappa shape index (κ1) is 18.3. The Bertz CT molecular complexity index is 1060. The van der Waals surface area contributed by atoms with Gasteiger partial charge in [-0.15, -0.1) is 0 Å². The zero-order chi connectivity index (χ0) is 19.3. The molecule has 0 bridgehead atoms. The summed E-state index contributed by atoms with van der Waals surface area (Å²) in [6.07, 6.45) is 1.91. The van der Waals surface area contributed by atoms with E-state index in [1.165, 1.54) is 12.1 Å². The minimum Gasteiger partial charge on any atom is -0.488 e. The first-order valence-electron chi connectivity index (χ1n) is 8.92. The van der Waals surface area contributed by atoms with Crippen molar-refractivity contribution in [2.45, 2.75) is 13.2 Å². The van der Waals surface area contributed by atoms with Crippen molar-refractivity contribution in [2.24, 2.45) is 0 Å². The summed E-state index contributed by atoms with van der Waals surface area (Å²) >= 11 is 5.93. The van der Waals surface area contributed by atoms with Crippen LogP contribution in [0, 0.1) is 5.82 Å². The predicted molar refractivity (Wildman–Crippen MR) is 109 cm³/mol. The van der Waals surface area contributed by atoms with E-state index in [0.717, 1.165) is 28.1 Å². The fourth-order valence-corrected chi connectivity index (χ4v) is 3.04. The first-order chi connectivity index (χ1) is 13.7. The molecule has 0 atom stereocenters. The maximum atomic E-state index is 13.1. The Hall–Kier alpha value is -3.11. The Labute approximate surface area is 168 Å². The van der Waals surface area contributed by atoms with Crippen LogP contribution in [-0.2, 0) is 13.2 Å². The van der Waals surface area contributed by atoms with E-state index in [1.54, 1.807) is 12.1 Å². The van der Waals surface area contributed by atoms with E-state index < -0.39 is 0 Å². The highest BCUT2D eigenvalue weighted by Gasteiger charge is 2.10. The summed E-state index contributed by atoms with van der Waals surface area (Å²) < 4.78 is 20.9. The van der Waals surface area contributed by atoms with Crippen molar-refractivity contribution in [3.8, 4) is 17.0 Å². The molecule has 0 aliphatic rings. The van der Waals surface area contributed by atoms with Crippen LogP contribution in [-0.4, -0.2) is 9.78 Å². The number of ether oxygens (including phenoxy) is 1. The Kier molecular flexibility index (Phi) is 5.40. The molecular weight excluding hydrogens is 375 g/mol. The zero-order valence-corrected chi connectivity index (χ0v) is 15.8. The third-order valence-corrected chi connectivity index (χ3v) is 4.62. The highest BCUT2D eigenvalue weighted by Crippen LogP contribution is 2.29. The molecule has 1 heterocycles. The second-order valence-electron chi connectivity index (χ2n) is 6.44. The van der Waals surface area contributed by atoms with Gasteiger partial charge in [-0.1, -0.05) is 48.0 Å². The molecule has 0 saturated carbocycles. The van der Waals surface area contributed by atoms with Crippen LogP contribution in [0.15, 0.2) is 85.1 Å². The van der Waals surface area contributed by atoms with Gasteiger partial charge in [-0.3, -0.25) is 4.68 Å². The molecule has 5 heteroatoms. The van der Waals surface area contributed by atoms with E-state index >= 15 is 0 Å². The summed E-state index contributed by atoms with van der Waals surface area (Å²) in [4.78, 5) is 0. The van der Waals surface area contributed by atoms with Crippen LogP contribution in [0.3, 0.4) is 0 Å². The van der Waals surface area contributed by atoms with Gasteiger partial charge in [0.1, 0.15) is 18.2 Å².